The number of carboxylic acid groups (broad SMARTS) is 1. The molecule has 0 bridgehead atoms. The van der Waals surface area contributed by atoms with Crippen molar-refractivity contribution >= 4 is 5.97 Å². The van der Waals surface area contributed by atoms with Crippen LogP contribution in [0.2, 0.25) is 0 Å². The summed E-state index contributed by atoms with van der Waals surface area (Å²) < 4.78 is 5.48. The normalized spacial score (nSPS) is 57.4. The number of carboxylic acids is 1. The highest BCUT2D eigenvalue weighted by molar-refractivity contribution is 5.73. The smallest absolute Gasteiger partial charge is 0.335 e. The number of aliphatic hydroxyl groups is 4. The van der Waals surface area contributed by atoms with Crippen LogP contribution in [-0.2, 0) is 9.53 Å². The van der Waals surface area contributed by atoms with E-state index in [1.54, 1.807) is 0 Å². The SMILES string of the molecule is CC[C@H]1CC[C@H]2[C@@H]3CCC4CC(C5(O)O[C@H](C(=O)O)[C@@H](O)[C@H](O)[C@H]5O)CC[C@]4(C)[C@H]3CC[C@]12C. The number of fused-ring (bicyclic) bond motifs is 5. The van der Waals surface area contributed by atoms with E-state index >= 15 is 0 Å². The maximum absolute atomic E-state index is 11.6. The lowest BCUT2D eigenvalue weighted by molar-refractivity contribution is -0.366. The lowest BCUT2D eigenvalue weighted by Gasteiger charge is -2.62. The van der Waals surface area contributed by atoms with E-state index in [1.165, 1.54) is 38.5 Å². The highest BCUT2D eigenvalue weighted by atomic mass is 16.7. The predicted octanol–water partition coefficient (Wildman–Crippen LogP) is 2.93. The topological polar surface area (TPSA) is 127 Å². The molecule has 4 saturated carbocycles. The van der Waals surface area contributed by atoms with E-state index in [2.05, 4.69) is 20.8 Å². The number of rotatable bonds is 3. The van der Waals surface area contributed by atoms with Crippen LogP contribution in [0.1, 0.15) is 85.0 Å². The van der Waals surface area contributed by atoms with Gasteiger partial charge < -0.3 is 30.3 Å². The van der Waals surface area contributed by atoms with E-state index in [0.717, 1.165) is 30.6 Å². The van der Waals surface area contributed by atoms with Gasteiger partial charge in [0, 0.05) is 5.92 Å². The lowest BCUT2D eigenvalue weighted by atomic mass is 9.44. The monoisotopic (exact) mass is 480 g/mol. The molecule has 0 amide bonds. The van der Waals surface area contributed by atoms with Gasteiger partial charge in [-0.3, -0.25) is 0 Å². The second-order valence-electron chi connectivity index (χ2n) is 12.9. The third kappa shape index (κ3) is 3.37. The first kappa shape index (κ1) is 24.9. The largest absolute Gasteiger partial charge is 0.479 e. The molecule has 3 unspecified atom stereocenters. The van der Waals surface area contributed by atoms with Crippen molar-refractivity contribution in [2.45, 2.75) is 115 Å². The van der Waals surface area contributed by atoms with Gasteiger partial charge in [0.2, 0.25) is 0 Å². The molecule has 1 heterocycles. The van der Waals surface area contributed by atoms with Crippen molar-refractivity contribution in [1.82, 2.24) is 0 Å². The molecule has 0 spiro atoms. The second kappa shape index (κ2) is 8.41. The fraction of sp³-hybridized carbons (Fsp3) is 0.963. The molecule has 5 rings (SSSR count). The molecule has 0 aromatic rings. The summed E-state index contributed by atoms with van der Waals surface area (Å²) in [6.07, 6.45) is 3.94. The molecular weight excluding hydrogens is 436 g/mol. The van der Waals surface area contributed by atoms with Gasteiger partial charge in [-0.05, 0) is 98.2 Å². The third-order valence-corrected chi connectivity index (χ3v) is 11.9. The zero-order valence-corrected chi connectivity index (χ0v) is 20.9. The zero-order chi connectivity index (χ0) is 24.6. The number of ether oxygens (including phenoxy) is 1. The van der Waals surface area contributed by atoms with Crippen molar-refractivity contribution in [2.75, 3.05) is 0 Å². The Kier molecular flexibility index (Phi) is 6.17. The Hall–Kier alpha value is -0.730. The molecule has 0 radical (unpaired) electrons. The minimum atomic E-state index is -2.18. The van der Waals surface area contributed by atoms with Gasteiger partial charge in [-0.25, -0.2) is 4.79 Å². The number of carbonyl (C=O) groups is 1. The molecule has 7 heteroatoms. The van der Waals surface area contributed by atoms with Crippen LogP contribution >= 0.6 is 0 Å². The van der Waals surface area contributed by atoms with Crippen LogP contribution in [-0.4, -0.2) is 61.7 Å². The third-order valence-electron chi connectivity index (χ3n) is 11.9. The molecule has 1 aliphatic heterocycles. The van der Waals surface area contributed by atoms with Gasteiger partial charge in [0.05, 0.1) is 0 Å². The number of hydrogen-bond donors (Lipinski definition) is 5. The van der Waals surface area contributed by atoms with Gasteiger partial charge in [-0.15, -0.1) is 0 Å². The Bertz CT molecular complexity index is 804. The Morgan fingerprint density at radius 1 is 0.882 bits per heavy atom. The van der Waals surface area contributed by atoms with Gasteiger partial charge in [-0.2, -0.15) is 0 Å². The summed E-state index contributed by atoms with van der Waals surface area (Å²) in [7, 11) is 0. The summed E-state index contributed by atoms with van der Waals surface area (Å²) in [6, 6.07) is 0. The zero-order valence-electron chi connectivity index (χ0n) is 20.9. The van der Waals surface area contributed by atoms with Crippen LogP contribution in [0.5, 0.6) is 0 Å². The van der Waals surface area contributed by atoms with Crippen molar-refractivity contribution in [2.24, 2.45) is 46.3 Å². The minimum absolute atomic E-state index is 0.172. The van der Waals surface area contributed by atoms with Gasteiger partial charge in [-0.1, -0.05) is 27.2 Å². The molecule has 0 aromatic carbocycles. The Balaban J connectivity index is 1.35. The maximum atomic E-state index is 11.6. The number of hydrogen-bond acceptors (Lipinski definition) is 6. The molecule has 194 valence electrons. The summed E-state index contributed by atoms with van der Waals surface area (Å²) in [6.45, 7) is 7.33. The first-order valence-electron chi connectivity index (χ1n) is 13.6. The van der Waals surface area contributed by atoms with Crippen molar-refractivity contribution in [1.29, 1.82) is 0 Å². The van der Waals surface area contributed by atoms with Crippen molar-refractivity contribution < 1.29 is 35.1 Å². The molecule has 0 aromatic heterocycles. The van der Waals surface area contributed by atoms with Crippen molar-refractivity contribution in [3.63, 3.8) is 0 Å². The van der Waals surface area contributed by atoms with E-state index in [9.17, 15) is 30.3 Å². The summed E-state index contributed by atoms with van der Waals surface area (Å²) in [4.78, 5) is 11.6. The van der Waals surface area contributed by atoms with Gasteiger partial charge in [0.1, 0.15) is 18.3 Å². The first-order valence-corrected chi connectivity index (χ1v) is 13.6. The first-order chi connectivity index (χ1) is 16.0. The summed E-state index contributed by atoms with van der Waals surface area (Å²) >= 11 is 0. The molecule has 7 nitrogen and oxygen atoms in total. The van der Waals surface area contributed by atoms with Crippen LogP contribution in [0.3, 0.4) is 0 Å². The van der Waals surface area contributed by atoms with E-state index in [1.807, 2.05) is 0 Å². The van der Waals surface area contributed by atoms with Crippen LogP contribution in [0.25, 0.3) is 0 Å². The van der Waals surface area contributed by atoms with Crippen molar-refractivity contribution in [3.8, 4) is 0 Å². The lowest BCUT2D eigenvalue weighted by Crippen LogP contribution is -2.69. The minimum Gasteiger partial charge on any atom is -0.479 e. The predicted molar refractivity (Wildman–Crippen MR) is 124 cm³/mol. The quantitative estimate of drug-likeness (QED) is 0.420. The summed E-state index contributed by atoms with van der Waals surface area (Å²) in [5.74, 6) is -0.642. The highest BCUT2D eigenvalue weighted by Gasteiger charge is 2.63. The number of aliphatic carboxylic acids is 1. The van der Waals surface area contributed by atoms with E-state index in [-0.39, 0.29) is 5.41 Å². The van der Waals surface area contributed by atoms with Crippen LogP contribution < -0.4 is 0 Å². The van der Waals surface area contributed by atoms with E-state index in [0.29, 0.717) is 30.1 Å². The van der Waals surface area contributed by atoms with Gasteiger partial charge in [0.25, 0.3) is 0 Å². The molecule has 1 saturated heterocycles. The molecule has 5 fully saturated rings. The van der Waals surface area contributed by atoms with Crippen molar-refractivity contribution in [3.05, 3.63) is 0 Å². The summed E-state index contributed by atoms with van der Waals surface area (Å²) in [5.41, 5.74) is 0.652. The van der Waals surface area contributed by atoms with E-state index < -0.39 is 42.1 Å². The fourth-order valence-electron chi connectivity index (χ4n) is 9.90. The molecule has 4 aliphatic carbocycles. The highest BCUT2D eigenvalue weighted by Crippen LogP contribution is 2.68. The summed E-state index contributed by atoms with van der Waals surface area (Å²) in [5, 5.41) is 51.9. The molecule has 5 N–H and O–H groups in total. The Morgan fingerprint density at radius 2 is 1.56 bits per heavy atom. The van der Waals surface area contributed by atoms with Crippen LogP contribution in [0, 0.1) is 46.3 Å². The average Bonchev–Trinajstić information content (AvgIpc) is 3.15. The molecule has 34 heavy (non-hydrogen) atoms. The van der Waals surface area contributed by atoms with Gasteiger partial charge >= 0.3 is 5.97 Å². The maximum Gasteiger partial charge on any atom is 0.335 e. The van der Waals surface area contributed by atoms with Crippen LogP contribution in [0.15, 0.2) is 0 Å². The molecular formula is C27H44O7. The standard InChI is InChI=1S/C27H44O7/c1-4-14-6-8-18-17-7-5-15-13-16(9-11-26(15,3)19(17)10-12-25(14,18)2)27(33)23(30)21(29)20(28)22(34-27)24(31)32/h14-23,28-30,33H,4-13H2,1-3H3,(H,31,32)/t14-,15?,16?,17-,18-,19-,20-,21-,22-,23+,25+,26-,27?/m0/s1. The Labute approximate surface area is 202 Å². The average molecular weight is 481 g/mol. The molecule has 5 aliphatic rings. The fourth-order valence-corrected chi connectivity index (χ4v) is 9.90. The van der Waals surface area contributed by atoms with Crippen LogP contribution in [0.4, 0.5) is 0 Å². The molecule has 13 atom stereocenters. The van der Waals surface area contributed by atoms with E-state index in [4.69, 9.17) is 4.74 Å². The number of aliphatic hydroxyl groups excluding tert-OH is 3. The van der Waals surface area contributed by atoms with Gasteiger partial charge in [0.15, 0.2) is 11.9 Å². The second-order valence-corrected chi connectivity index (χ2v) is 12.9. The Morgan fingerprint density at radius 3 is 2.24 bits per heavy atom.